The van der Waals surface area contributed by atoms with Crippen molar-refractivity contribution in [1.82, 2.24) is 14.7 Å². The summed E-state index contributed by atoms with van der Waals surface area (Å²) >= 11 is 0. The molecule has 1 heterocycles. The molecule has 8 nitrogen and oxygen atoms in total. The van der Waals surface area contributed by atoms with Crippen LogP contribution in [0.3, 0.4) is 0 Å². The number of nitrogens with zero attached hydrogens (tertiary/aromatic N) is 4. The molecule has 0 aromatic heterocycles. The molecule has 2 unspecified atom stereocenters. The van der Waals surface area contributed by atoms with E-state index in [1.807, 2.05) is 36.4 Å². The SMILES string of the molecule is CCCCN(C(=O)CCc1ccc([N+](=O)[O-])cc1)C1CCN(CC2CCC(N(C(C)=O)C3CCCCC3)C2)CC1.c1ccccc1. The zero-order valence-corrected chi connectivity index (χ0v) is 28.2. The van der Waals surface area contributed by atoms with E-state index in [0.29, 0.717) is 36.9 Å². The first kappa shape index (κ1) is 35.6. The summed E-state index contributed by atoms with van der Waals surface area (Å²) in [6.07, 6.45) is 14.8. The van der Waals surface area contributed by atoms with Crippen LogP contribution in [0.1, 0.15) is 103 Å². The van der Waals surface area contributed by atoms with Gasteiger partial charge in [0.25, 0.3) is 5.69 Å². The van der Waals surface area contributed by atoms with Crippen LogP contribution < -0.4 is 0 Å². The van der Waals surface area contributed by atoms with E-state index in [2.05, 4.69) is 21.6 Å². The number of carbonyl (C=O) groups is 2. The molecule has 0 radical (unpaired) electrons. The van der Waals surface area contributed by atoms with Crippen molar-refractivity contribution in [2.24, 2.45) is 5.92 Å². The number of rotatable bonds is 12. The Morgan fingerprint density at radius 2 is 1.48 bits per heavy atom. The van der Waals surface area contributed by atoms with Crippen LogP contribution in [0, 0.1) is 16.0 Å². The van der Waals surface area contributed by atoms with Gasteiger partial charge in [0.1, 0.15) is 0 Å². The number of piperidine rings is 1. The van der Waals surface area contributed by atoms with E-state index < -0.39 is 4.92 Å². The lowest BCUT2D eigenvalue weighted by atomic mass is 9.92. The first-order valence-corrected chi connectivity index (χ1v) is 17.9. The molecule has 2 saturated carbocycles. The van der Waals surface area contributed by atoms with Crippen LogP contribution in [0.4, 0.5) is 5.69 Å². The van der Waals surface area contributed by atoms with Crippen molar-refractivity contribution < 1.29 is 14.5 Å². The maximum Gasteiger partial charge on any atom is 0.269 e. The maximum atomic E-state index is 13.3. The molecule has 0 spiro atoms. The number of carbonyl (C=O) groups excluding carboxylic acids is 2. The summed E-state index contributed by atoms with van der Waals surface area (Å²) in [6.45, 7) is 7.92. The Kier molecular flexibility index (Phi) is 14.5. The monoisotopic (exact) mass is 632 g/mol. The Hall–Kier alpha value is -3.26. The van der Waals surface area contributed by atoms with E-state index in [-0.39, 0.29) is 17.5 Å². The highest BCUT2D eigenvalue weighted by Crippen LogP contribution is 2.35. The van der Waals surface area contributed by atoms with Crippen LogP contribution in [0.15, 0.2) is 60.7 Å². The highest BCUT2D eigenvalue weighted by Gasteiger charge is 2.36. The number of unbranched alkanes of at least 4 members (excludes halogenated alkanes) is 1. The lowest BCUT2D eigenvalue weighted by Gasteiger charge is -2.40. The van der Waals surface area contributed by atoms with E-state index in [1.165, 1.54) is 50.7 Å². The number of nitro benzene ring substituents is 1. The van der Waals surface area contributed by atoms with Crippen LogP contribution in [0.2, 0.25) is 0 Å². The predicted molar refractivity (Wildman–Crippen MR) is 184 cm³/mol. The third-order valence-corrected chi connectivity index (χ3v) is 10.3. The standard InChI is InChI=1S/C32H50N4O4.C6H6/c1-3-4-20-34(32(38)17-13-26-10-14-30(15-11-26)36(39)40)28-18-21-33(22-19-28)24-27-12-16-31(23-27)35(25(2)37)29-8-6-5-7-9-29;1-2-4-6-5-3-1/h10-11,14-15,27-29,31H,3-9,12-13,16-24H2,1-2H3;1-6H. The molecule has 3 fully saturated rings. The van der Waals surface area contributed by atoms with Gasteiger partial charge < -0.3 is 14.7 Å². The third kappa shape index (κ3) is 10.9. The second-order valence-corrected chi connectivity index (χ2v) is 13.6. The van der Waals surface area contributed by atoms with Gasteiger partial charge in [0, 0.05) is 69.8 Å². The van der Waals surface area contributed by atoms with Crippen molar-refractivity contribution >= 4 is 17.5 Å². The van der Waals surface area contributed by atoms with Crippen LogP contribution in [-0.4, -0.2) is 75.7 Å². The molecule has 46 heavy (non-hydrogen) atoms. The van der Waals surface area contributed by atoms with Crippen LogP contribution in [0.5, 0.6) is 0 Å². The number of benzene rings is 2. The molecule has 5 rings (SSSR count). The Morgan fingerprint density at radius 3 is 2.04 bits per heavy atom. The number of hydrogen-bond donors (Lipinski definition) is 0. The first-order valence-electron chi connectivity index (χ1n) is 17.9. The van der Waals surface area contributed by atoms with Crippen LogP contribution in [0.25, 0.3) is 0 Å². The molecule has 2 aromatic rings. The normalized spacial score (nSPS) is 20.8. The zero-order chi connectivity index (χ0) is 32.7. The molecule has 2 aromatic carbocycles. The van der Waals surface area contributed by atoms with Gasteiger partial charge in [-0.15, -0.1) is 0 Å². The summed E-state index contributed by atoms with van der Waals surface area (Å²) in [5.74, 6) is 1.13. The van der Waals surface area contributed by atoms with Crippen LogP contribution in [-0.2, 0) is 16.0 Å². The average Bonchev–Trinajstić information content (AvgIpc) is 3.53. The highest BCUT2D eigenvalue weighted by atomic mass is 16.6. The molecule has 3 aliphatic rings. The number of amides is 2. The van der Waals surface area contributed by atoms with Gasteiger partial charge in [-0.05, 0) is 69.3 Å². The summed E-state index contributed by atoms with van der Waals surface area (Å²) in [5, 5.41) is 10.9. The highest BCUT2D eigenvalue weighted by molar-refractivity contribution is 5.77. The molecular weight excluding hydrogens is 576 g/mol. The van der Waals surface area contributed by atoms with Gasteiger partial charge in [0.2, 0.25) is 11.8 Å². The third-order valence-electron chi connectivity index (χ3n) is 10.3. The number of hydrogen-bond acceptors (Lipinski definition) is 5. The van der Waals surface area contributed by atoms with E-state index in [0.717, 1.165) is 70.3 Å². The van der Waals surface area contributed by atoms with Gasteiger partial charge in [0.05, 0.1) is 4.92 Å². The fourth-order valence-corrected chi connectivity index (χ4v) is 7.82. The Morgan fingerprint density at radius 1 is 0.848 bits per heavy atom. The van der Waals surface area contributed by atoms with Crippen molar-refractivity contribution in [3.63, 3.8) is 0 Å². The van der Waals surface area contributed by atoms with Gasteiger partial charge in [-0.3, -0.25) is 19.7 Å². The summed E-state index contributed by atoms with van der Waals surface area (Å²) < 4.78 is 0. The molecule has 2 amide bonds. The predicted octanol–water partition coefficient (Wildman–Crippen LogP) is 7.66. The van der Waals surface area contributed by atoms with Crippen molar-refractivity contribution in [2.45, 2.75) is 122 Å². The molecule has 252 valence electrons. The average molecular weight is 633 g/mol. The minimum atomic E-state index is -0.392. The van der Waals surface area contributed by atoms with Gasteiger partial charge in [-0.25, -0.2) is 0 Å². The molecule has 8 heteroatoms. The summed E-state index contributed by atoms with van der Waals surface area (Å²) in [6, 6.07) is 19.7. The number of non-ortho nitro benzene ring substituents is 1. The molecular formula is C38H56N4O4. The molecule has 1 aliphatic heterocycles. The number of aryl methyl sites for hydroxylation is 1. The first-order chi connectivity index (χ1) is 22.4. The number of nitro groups is 1. The number of likely N-dealkylation sites (tertiary alicyclic amines) is 1. The Bertz CT molecular complexity index is 1170. The van der Waals surface area contributed by atoms with Crippen molar-refractivity contribution in [2.75, 3.05) is 26.2 Å². The second kappa shape index (κ2) is 18.8. The summed E-state index contributed by atoms with van der Waals surface area (Å²) in [7, 11) is 0. The van der Waals surface area contributed by atoms with E-state index in [9.17, 15) is 19.7 Å². The summed E-state index contributed by atoms with van der Waals surface area (Å²) in [5.41, 5.74) is 1.05. The van der Waals surface area contributed by atoms with Gasteiger partial charge in [-0.2, -0.15) is 0 Å². The molecule has 0 N–H and O–H groups in total. The molecule has 2 aliphatic carbocycles. The lowest BCUT2D eigenvalue weighted by Crippen LogP contribution is -2.48. The molecule has 0 bridgehead atoms. The van der Waals surface area contributed by atoms with Crippen LogP contribution >= 0.6 is 0 Å². The fraction of sp³-hybridized carbons (Fsp3) is 0.632. The smallest absolute Gasteiger partial charge is 0.269 e. The van der Waals surface area contributed by atoms with Crippen molar-refractivity contribution in [3.8, 4) is 0 Å². The van der Waals surface area contributed by atoms with Gasteiger partial charge in [0.15, 0.2) is 0 Å². The minimum absolute atomic E-state index is 0.0833. The van der Waals surface area contributed by atoms with Crippen molar-refractivity contribution in [1.29, 1.82) is 0 Å². The Labute approximate surface area is 276 Å². The van der Waals surface area contributed by atoms with Crippen molar-refractivity contribution in [3.05, 3.63) is 76.3 Å². The zero-order valence-electron chi connectivity index (χ0n) is 28.2. The van der Waals surface area contributed by atoms with E-state index in [1.54, 1.807) is 19.1 Å². The summed E-state index contributed by atoms with van der Waals surface area (Å²) in [4.78, 5) is 43.4. The van der Waals surface area contributed by atoms with E-state index >= 15 is 0 Å². The topological polar surface area (TPSA) is 87.0 Å². The van der Waals surface area contributed by atoms with E-state index in [4.69, 9.17) is 0 Å². The fourth-order valence-electron chi connectivity index (χ4n) is 7.82. The van der Waals surface area contributed by atoms with Gasteiger partial charge in [-0.1, -0.05) is 81.1 Å². The minimum Gasteiger partial charge on any atom is -0.340 e. The quantitative estimate of drug-likeness (QED) is 0.177. The second-order valence-electron chi connectivity index (χ2n) is 13.6. The molecule has 2 atom stereocenters. The largest absolute Gasteiger partial charge is 0.340 e. The van der Waals surface area contributed by atoms with Gasteiger partial charge >= 0.3 is 0 Å². The lowest BCUT2D eigenvalue weighted by molar-refractivity contribution is -0.384. The Balaban J connectivity index is 0.000000717. The molecule has 1 saturated heterocycles. The maximum absolute atomic E-state index is 13.3.